The van der Waals surface area contributed by atoms with Gasteiger partial charge >= 0.3 is 6.61 Å². The van der Waals surface area contributed by atoms with Crippen molar-refractivity contribution in [3.8, 4) is 5.75 Å². The van der Waals surface area contributed by atoms with Gasteiger partial charge in [0.1, 0.15) is 5.75 Å². The molecule has 0 amide bonds. The first-order chi connectivity index (χ1) is 9.95. The van der Waals surface area contributed by atoms with Crippen molar-refractivity contribution in [1.82, 2.24) is 0 Å². The number of nitrogens with one attached hydrogen (secondary N) is 1. The lowest BCUT2D eigenvalue weighted by atomic mass is 10.1. The molecule has 0 aliphatic rings. The van der Waals surface area contributed by atoms with E-state index in [1.165, 1.54) is 12.1 Å². The third-order valence-electron chi connectivity index (χ3n) is 2.91. The Morgan fingerprint density at radius 3 is 2.38 bits per heavy atom. The average Bonchev–Trinajstić information content (AvgIpc) is 2.42. The molecular weight excluding hydrogens is 411 g/mol. The van der Waals surface area contributed by atoms with Crippen LogP contribution in [0.15, 0.2) is 42.5 Å². The lowest BCUT2D eigenvalue weighted by molar-refractivity contribution is -0.0498. The second kappa shape index (κ2) is 7.26. The summed E-state index contributed by atoms with van der Waals surface area (Å²) in [5.74, 6) is 0.147. The molecule has 0 aliphatic heterocycles. The molecule has 1 atom stereocenters. The average molecular weight is 424 g/mol. The fraction of sp³-hybridized carbons (Fsp3) is 0.200. The minimum Gasteiger partial charge on any atom is -0.435 e. The summed E-state index contributed by atoms with van der Waals surface area (Å²) in [7, 11) is 0. The normalized spacial score (nSPS) is 12.3. The molecule has 0 bridgehead atoms. The van der Waals surface area contributed by atoms with Crippen molar-refractivity contribution in [2.75, 3.05) is 5.32 Å². The smallest absolute Gasteiger partial charge is 0.387 e. The number of ether oxygens (including phenoxy) is 1. The predicted molar refractivity (Wildman–Crippen MR) is 89.3 cm³/mol. The van der Waals surface area contributed by atoms with E-state index in [4.69, 9.17) is 11.6 Å². The van der Waals surface area contributed by atoms with Crippen LogP contribution in [0.1, 0.15) is 18.5 Å². The zero-order valence-electron chi connectivity index (χ0n) is 11.1. The molecule has 1 unspecified atom stereocenters. The number of hydrogen-bond acceptors (Lipinski definition) is 2. The molecule has 2 aromatic rings. The Bertz CT molecular complexity index is 607. The van der Waals surface area contributed by atoms with Crippen molar-refractivity contribution in [2.24, 2.45) is 0 Å². The Labute approximate surface area is 140 Å². The summed E-state index contributed by atoms with van der Waals surface area (Å²) < 4.78 is 29.6. The molecule has 1 N–H and O–H groups in total. The van der Waals surface area contributed by atoms with E-state index in [9.17, 15) is 8.78 Å². The van der Waals surface area contributed by atoms with Crippen molar-refractivity contribution in [2.45, 2.75) is 19.6 Å². The van der Waals surface area contributed by atoms with E-state index in [2.05, 4.69) is 32.6 Å². The standard InChI is InChI=1S/C15H13ClF2INO/c1-9(20-14-7-4-11(19)8-13(14)16)10-2-5-12(6-3-10)21-15(17)18/h2-9,15,20H,1H3. The van der Waals surface area contributed by atoms with Crippen molar-refractivity contribution in [1.29, 1.82) is 0 Å². The van der Waals surface area contributed by atoms with Gasteiger partial charge in [0.2, 0.25) is 0 Å². The third-order valence-corrected chi connectivity index (χ3v) is 3.89. The van der Waals surface area contributed by atoms with Crippen LogP contribution in [0.4, 0.5) is 14.5 Å². The summed E-state index contributed by atoms with van der Waals surface area (Å²) in [5.41, 5.74) is 1.78. The quantitative estimate of drug-likeness (QED) is 0.621. The van der Waals surface area contributed by atoms with Gasteiger partial charge in [-0.3, -0.25) is 0 Å². The second-order valence-corrected chi connectivity index (χ2v) is 6.09. The number of rotatable bonds is 5. The molecule has 2 rings (SSSR count). The van der Waals surface area contributed by atoms with Gasteiger partial charge in [-0.15, -0.1) is 0 Å². The van der Waals surface area contributed by atoms with Gasteiger partial charge < -0.3 is 10.1 Å². The molecule has 21 heavy (non-hydrogen) atoms. The molecule has 2 aromatic carbocycles. The number of anilines is 1. The predicted octanol–water partition coefficient (Wildman–Crippen LogP) is 5.72. The number of hydrogen-bond donors (Lipinski definition) is 1. The summed E-state index contributed by atoms with van der Waals surface area (Å²) in [4.78, 5) is 0. The van der Waals surface area contributed by atoms with Crippen LogP contribution >= 0.6 is 34.2 Å². The Hall–Kier alpha value is -1.08. The summed E-state index contributed by atoms with van der Waals surface area (Å²) in [5, 5.41) is 3.93. The van der Waals surface area contributed by atoms with Crippen LogP contribution in [0.25, 0.3) is 0 Å². The largest absolute Gasteiger partial charge is 0.435 e. The highest BCUT2D eigenvalue weighted by molar-refractivity contribution is 14.1. The highest BCUT2D eigenvalue weighted by atomic mass is 127. The highest BCUT2D eigenvalue weighted by Gasteiger charge is 2.09. The van der Waals surface area contributed by atoms with E-state index < -0.39 is 6.61 Å². The topological polar surface area (TPSA) is 21.3 Å². The maximum atomic E-state index is 12.1. The van der Waals surface area contributed by atoms with Crippen molar-refractivity contribution >= 4 is 39.9 Å². The van der Waals surface area contributed by atoms with Crippen LogP contribution < -0.4 is 10.1 Å². The van der Waals surface area contributed by atoms with E-state index in [-0.39, 0.29) is 11.8 Å². The number of benzene rings is 2. The van der Waals surface area contributed by atoms with E-state index >= 15 is 0 Å². The zero-order chi connectivity index (χ0) is 15.4. The van der Waals surface area contributed by atoms with Crippen molar-refractivity contribution < 1.29 is 13.5 Å². The van der Waals surface area contributed by atoms with Gasteiger partial charge in [-0.1, -0.05) is 23.7 Å². The highest BCUT2D eigenvalue weighted by Crippen LogP contribution is 2.28. The van der Waals surface area contributed by atoms with Gasteiger partial charge in [0.05, 0.1) is 10.7 Å². The zero-order valence-corrected chi connectivity index (χ0v) is 14.0. The molecule has 112 valence electrons. The van der Waals surface area contributed by atoms with Crippen LogP contribution in [0, 0.1) is 3.57 Å². The first-order valence-corrected chi connectivity index (χ1v) is 7.68. The van der Waals surface area contributed by atoms with Gasteiger partial charge in [-0.25, -0.2) is 0 Å². The molecule has 6 heteroatoms. The van der Waals surface area contributed by atoms with Gasteiger partial charge in [0, 0.05) is 9.61 Å². The molecule has 2 nitrogen and oxygen atoms in total. The molecule has 0 saturated heterocycles. The fourth-order valence-corrected chi connectivity index (χ4v) is 2.77. The molecule has 0 aliphatic carbocycles. The molecule has 0 radical (unpaired) electrons. The molecule has 0 fully saturated rings. The summed E-state index contributed by atoms with van der Waals surface area (Å²) >= 11 is 8.37. The number of halogens is 4. The Morgan fingerprint density at radius 2 is 1.81 bits per heavy atom. The van der Waals surface area contributed by atoms with Gasteiger partial charge in [0.15, 0.2) is 0 Å². The lowest BCUT2D eigenvalue weighted by Gasteiger charge is -2.17. The molecule has 0 heterocycles. The van der Waals surface area contributed by atoms with Crippen LogP contribution in [0.2, 0.25) is 5.02 Å². The first-order valence-electron chi connectivity index (χ1n) is 6.22. The lowest BCUT2D eigenvalue weighted by Crippen LogP contribution is -2.07. The van der Waals surface area contributed by atoms with E-state index in [1.807, 2.05) is 25.1 Å². The molecule has 0 spiro atoms. The third kappa shape index (κ3) is 4.71. The van der Waals surface area contributed by atoms with Crippen molar-refractivity contribution in [3.63, 3.8) is 0 Å². The summed E-state index contributed by atoms with van der Waals surface area (Å²) in [6.45, 7) is -0.839. The van der Waals surface area contributed by atoms with Gasteiger partial charge in [-0.2, -0.15) is 8.78 Å². The van der Waals surface area contributed by atoms with Crippen LogP contribution in [0.5, 0.6) is 5.75 Å². The Kier molecular flexibility index (Phi) is 5.64. The van der Waals surface area contributed by atoms with Gasteiger partial charge in [0.25, 0.3) is 0 Å². The monoisotopic (exact) mass is 423 g/mol. The van der Waals surface area contributed by atoms with Crippen molar-refractivity contribution in [3.05, 3.63) is 56.6 Å². The van der Waals surface area contributed by atoms with Gasteiger partial charge in [-0.05, 0) is 65.4 Å². The molecule has 0 saturated carbocycles. The van der Waals surface area contributed by atoms with E-state index in [0.29, 0.717) is 5.02 Å². The minimum absolute atomic E-state index is 0.0110. The Balaban J connectivity index is 2.07. The summed E-state index contributed by atoms with van der Waals surface area (Å²) in [6, 6.07) is 12.3. The molecular formula is C15H13ClF2INO. The maximum absolute atomic E-state index is 12.1. The fourth-order valence-electron chi connectivity index (χ4n) is 1.86. The van der Waals surface area contributed by atoms with E-state index in [1.54, 1.807) is 12.1 Å². The van der Waals surface area contributed by atoms with E-state index in [0.717, 1.165) is 14.8 Å². The summed E-state index contributed by atoms with van der Waals surface area (Å²) in [6.07, 6.45) is 0. The molecule has 0 aromatic heterocycles. The van der Waals surface area contributed by atoms with Crippen LogP contribution in [-0.4, -0.2) is 6.61 Å². The minimum atomic E-state index is -2.81. The second-order valence-electron chi connectivity index (χ2n) is 4.44. The Morgan fingerprint density at radius 1 is 1.14 bits per heavy atom. The first kappa shape index (κ1) is 16.3. The number of alkyl halides is 2. The van der Waals surface area contributed by atoms with Crippen LogP contribution in [-0.2, 0) is 0 Å². The SMILES string of the molecule is CC(Nc1ccc(I)cc1Cl)c1ccc(OC(F)F)cc1. The maximum Gasteiger partial charge on any atom is 0.387 e. The van der Waals surface area contributed by atoms with Crippen LogP contribution in [0.3, 0.4) is 0 Å².